The van der Waals surface area contributed by atoms with Crippen LogP contribution in [-0.4, -0.2) is 20.8 Å². The zero-order valence-corrected chi connectivity index (χ0v) is 15.5. The number of nitrogens with one attached hydrogen (secondary N) is 2. The lowest BCUT2D eigenvalue weighted by molar-refractivity contribution is 0.393. The van der Waals surface area contributed by atoms with Gasteiger partial charge in [-0.1, -0.05) is 5.16 Å². The number of hydrogen-bond acceptors (Lipinski definition) is 5. The summed E-state index contributed by atoms with van der Waals surface area (Å²) in [5, 5.41) is 12.3. The SMILES string of the molecule is CC(=N)/C(=C(/C)N)c1cc(-c2c(C)noc2C)cc2[nH]c(C3CC3)nc12. The second kappa shape index (κ2) is 5.83. The third-order valence-corrected chi connectivity index (χ3v) is 4.93. The number of H-pyrrole nitrogens is 1. The fourth-order valence-electron chi connectivity index (χ4n) is 3.63. The highest BCUT2D eigenvalue weighted by Crippen LogP contribution is 2.41. The molecule has 3 aromatic rings. The van der Waals surface area contributed by atoms with Gasteiger partial charge in [-0.05, 0) is 58.2 Å². The molecule has 0 bridgehead atoms. The molecule has 1 aliphatic rings. The van der Waals surface area contributed by atoms with E-state index >= 15 is 0 Å². The first kappa shape index (κ1) is 16.6. The van der Waals surface area contributed by atoms with Crippen molar-refractivity contribution < 1.29 is 4.52 Å². The zero-order chi connectivity index (χ0) is 18.6. The molecule has 1 saturated carbocycles. The Hall–Kier alpha value is -2.89. The van der Waals surface area contributed by atoms with Gasteiger partial charge in [0.25, 0.3) is 0 Å². The van der Waals surface area contributed by atoms with Crippen LogP contribution in [0.25, 0.3) is 27.7 Å². The van der Waals surface area contributed by atoms with Crippen LogP contribution in [0.3, 0.4) is 0 Å². The minimum Gasteiger partial charge on any atom is -0.402 e. The van der Waals surface area contributed by atoms with Gasteiger partial charge in [-0.25, -0.2) is 4.98 Å². The van der Waals surface area contributed by atoms with Crippen molar-refractivity contribution in [2.45, 2.75) is 46.5 Å². The Morgan fingerprint density at radius 3 is 2.54 bits per heavy atom. The summed E-state index contributed by atoms with van der Waals surface area (Å²) < 4.78 is 5.36. The van der Waals surface area contributed by atoms with Crippen molar-refractivity contribution in [3.8, 4) is 11.1 Å². The molecule has 26 heavy (non-hydrogen) atoms. The Morgan fingerprint density at radius 2 is 2.00 bits per heavy atom. The Balaban J connectivity index is 2.04. The molecule has 0 atom stereocenters. The minimum absolute atomic E-state index is 0.429. The van der Waals surface area contributed by atoms with Gasteiger partial charge in [0.1, 0.15) is 11.6 Å². The van der Waals surface area contributed by atoms with Crippen LogP contribution in [0.2, 0.25) is 0 Å². The fourth-order valence-corrected chi connectivity index (χ4v) is 3.63. The minimum atomic E-state index is 0.429. The fraction of sp³-hybridized carbons (Fsp3) is 0.350. The van der Waals surface area contributed by atoms with Crippen molar-refractivity contribution in [2.75, 3.05) is 0 Å². The van der Waals surface area contributed by atoms with Crippen LogP contribution in [0.15, 0.2) is 22.4 Å². The van der Waals surface area contributed by atoms with Crippen molar-refractivity contribution in [2.24, 2.45) is 5.73 Å². The Morgan fingerprint density at radius 1 is 1.27 bits per heavy atom. The topological polar surface area (TPSA) is 105 Å². The van der Waals surface area contributed by atoms with E-state index in [0.717, 1.165) is 50.6 Å². The van der Waals surface area contributed by atoms with Crippen LogP contribution >= 0.6 is 0 Å². The average molecular weight is 349 g/mol. The van der Waals surface area contributed by atoms with E-state index in [-0.39, 0.29) is 0 Å². The number of rotatable bonds is 4. The van der Waals surface area contributed by atoms with Crippen LogP contribution in [0, 0.1) is 19.3 Å². The molecule has 0 saturated heterocycles. The van der Waals surface area contributed by atoms with E-state index in [1.165, 1.54) is 12.8 Å². The maximum absolute atomic E-state index is 8.22. The Labute approximate surface area is 152 Å². The van der Waals surface area contributed by atoms with Gasteiger partial charge in [-0.2, -0.15) is 0 Å². The molecule has 6 nitrogen and oxygen atoms in total. The standard InChI is InChI=1S/C20H23N5O/c1-9(21)17(10(2)22)15-7-14(18-11(3)25-26-12(18)4)8-16-19(15)24-20(23-16)13-5-6-13/h7-8,13,21H,5-6,22H2,1-4H3,(H,23,24)/b17-10+,21-9?. The molecular weight excluding hydrogens is 326 g/mol. The van der Waals surface area contributed by atoms with Crippen LogP contribution in [0.5, 0.6) is 0 Å². The van der Waals surface area contributed by atoms with Gasteiger partial charge < -0.3 is 20.7 Å². The van der Waals surface area contributed by atoms with Gasteiger partial charge in [0, 0.05) is 34.0 Å². The zero-order valence-electron chi connectivity index (χ0n) is 15.5. The molecule has 4 N–H and O–H groups in total. The van der Waals surface area contributed by atoms with Crippen molar-refractivity contribution in [1.29, 1.82) is 5.41 Å². The van der Waals surface area contributed by atoms with E-state index in [1.807, 2.05) is 20.8 Å². The average Bonchev–Trinajstić information content (AvgIpc) is 3.23. The van der Waals surface area contributed by atoms with Gasteiger partial charge >= 0.3 is 0 Å². The number of aromatic nitrogens is 3. The summed E-state index contributed by atoms with van der Waals surface area (Å²) in [6.07, 6.45) is 2.35. The molecule has 0 aliphatic heterocycles. The summed E-state index contributed by atoms with van der Waals surface area (Å²) in [5.41, 5.74) is 13.4. The van der Waals surface area contributed by atoms with Gasteiger partial charge in [0.2, 0.25) is 0 Å². The molecule has 2 aromatic heterocycles. The Kier molecular flexibility index (Phi) is 3.72. The summed E-state index contributed by atoms with van der Waals surface area (Å²) in [5.74, 6) is 2.32. The third-order valence-electron chi connectivity index (χ3n) is 4.93. The monoisotopic (exact) mass is 349 g/mol. The van der Waals surface area contributed by atoms with Crippen molar-refractivity contribution in [3.63, 3.8) is 0 Å². The maximum atomic E-state index is 8.22. The largest absolute Gasteiger partial charge is 0.402 e. The molecule has 1 fully saturated rings. The molecule has 0 amide bonds. The molecule has 0 spiro atoms. The normalized spacial score (nSPS) is 15.4. The summed E-state index contributed by atoms with van der Waals surface area (Å²) >= 11 is 0. The van der Waals surface area contributed by atoms with Crippen LogP contribution in [0.4, 0.5) is 0 Å². The lowest BCUT2D eigenvalue weighted by atomic mass is 9.94. The summed E-state index contributed by atoms with van der Waals surface area (Å²) in [6, 6.07) is 4.14. The first-order valence-corrected chi connectivity index (χ1v) is 8.86. The molecule has 1 aliphatic carbocycles. The number of nitrogens with zero attached hydrogens (tertiary/aromatic N) is 2. The lowest BCUT2D eigenvalue weighted by Crippen LogP contribution is -2.05. The number of imidazole rings is 1. The van der Waals surface area contributed by atoms with E-state index in [4.69, 9.17) is 20.7 Å². The summed E-state index contributed by atoms with van der Waals surface area (Å²) in [7, 11) is 0. The quantitative estimate of drug-likeness (QED) is 0.605. The highest BCUT2D eigenvalue weighted by atomic mass is 16.5. The van der Waals surface area contributed by atoms with Gasteiger partial charge in [-0.3, -0.25) is 0 Å². The number of allylic oxidation sites excluding steroid dienone is 2. The molecular formula is C20H23N5O. The molecule has 0 radical (unpaired) electrons. The van der Waals surface area contributed by atoms with Gasteiger partial charge in [-0.15, -0.1) is 0 Å². The van der Waals surface area contributed by atoms with E-state index in [0.29, 0.717) is 17.3 Å². The van der Waals surface area contributed by atoms with E-state index in [1.54, 1.807) is 6.92 Å². The number of nitrogens with two attached hydrogens (primary N) is 1. The predicted octanol–water partition coefficient (Wildman–Crippen LogP) is 4.44. The highest BCUT2D eigenvalue weighted by Gasteiger charge is 2.28. The molecule has 134 valence electrons. The number of aromatic amines is 1. The third kappa shape index (κ3) is 2.62. The van der Waals surface area contributed by atoms with Crippen molar-refractivity contribution in [3.05, 3.63) is 40.7 Å². The number of hydrogen-bond donors (Lipinski definition) is 3. The van der Waals surface area contributed by atoms with Crippen LogP contribution in [0.1, 0.15) is 55.4 Å². The van der Waals surface area contributed by atoms with Crippen LogP contribution in [-0.2, 0) is 0 Å². The number of benzene rings is 1. The second-order valence-corrected chi connectivity index (χ2v) is 7.20. The Bertz CT molecular complexity index is 1040. The van der Waals surface area contributed by atoms with Crippen molar-refractivity contribution >= 4 is 22.3 Å². The highest BCUT2D eigenvalue weighted by molar-refractivity contribution is 6.24. The molecule has 0 unspecified atom stereocenters. The predicted molar refractivity (Wildman–Crippen MR) is 103 cm³/mol. The first-order chi connectivity index (χ1) is 12.4. The van der Waals surface area contributed by atoms with E-state index < -0.39 is 0 Å². The molecule has 6 heteroatoms. The van der Waals surface area contributed by atoms with E-state index in [2.05, 4.69) is 22.3 Å². The molecule has 2 heterocycles. The molecule has 1 aromatic carbocycles. The van der Waals surface area contributed by atoms with Gasteiger partial charge in [0.15, 0.2) is 0 Å². The van der Waals surface area contributed by atoms with Crippen molar-refractivity contribution in [1.82, 2.24) is 15.1 Å². The van der Waals surface area contributed by atoms with E-state index in [9.17, 15) is 0 Å². The second-order valence-electron chi connectivity index (χ2n) is 7.20. The van der Waals surface area contributed by atoms with Crippen LogP contribution < -0.4 is 5.73 Å². The number of fused-ring (bicyclic) bond motifs is 1. The summed E-state index contributed by atoms with van der Waals surface area (Å²) in [4.78, 5) is 8.32. The first-order valence-electron chi connectivity index (χ1n) is 8.86. The lowest BCUT2D eigenvalue weighted by Gasteiger charge is -2.12. The smallest absolute Gasteiger partial charge is 0.141 e. The van der Waals surface area contributed by atoms with Gasteiger partial charge in [0.05, 0.1) is 16.7 Å². The summed E-state index contributed by atoms with van der Waals surface area (Å²) in [6.45, 7) is 7.43. The molecule has 4 rings (SSSR count). The number of aryl methyl sites for hydroxylation is 2. The maximum Gasteiger partial charge on any atom is 0.141 e.